The highest BCUT2D eigenvalue weighted by molar-refractivity contribution is 7.09. The molecule has 0 radical (unpaired) electrons. The third kappa shape index (κ3) is 3.35. The minimum absolute atomic E-state index is 0.295. The summed E-state index contributed by atoms with van der Waals surface area (Å²) in [6.45, 7) is 0.329. The summed E-state index contributed by atoms with van der Waals surface area (Å²) in [5, 5.41) is 15.6. The van der Waals surface area contributed by atoms with E-state index in [0.29, 0.717) is 28.4 Å². The van der Waals surface area contributed by atoms with Crippen molar-refractivity contribution in [3.63, 3.8) is 0 Å². The second-order valence-electron chi connectivity index (χ2n) is 7.62. The maximum Gasteiger partial charge on any atom is 0.264 e. The van der Waals surface area contributed by atoms with Gasteiger partial charge in [-0.3, -0.25) is 9.59 Å². The summed E-state index contributed by atoms with van der Waals surface area (Å²) >= 11 is 7.73. The van der Waals surface area contributed by atoms with Crippen molar-refractivity contribution in [2.45, 2.75) is 18.6 Å². The first-order chi connectivity index (χ1) is 15.0. The molecule has 1 aromatic heterocycles. The Morgan fingerprint density at radius 3 is 2.65 bits per heavy atom. The molecule has 6 heteroatoms. The van der Waals surface area contributed by atoms with Gasteiger partial charge in [-0.1, -0.05) is 60.1 Å². The van der Waals surface area contributed by atoms with E-state index in [0.717, 1.165) is 15.6 Å². The minimum atomic E-state index is -1.97. The second kappa shape index (κ2) is 7.61. The molecule has 0 saturated carbocycles. The Hall–Kier alpha value is -2.99. The van der Waals surface area contributed by atoms with E-state index in [-0.39, 0.29) is 12.2 Å². The zero-order valence-electron chi connectivity index (χ0n) is 16.4. The fourth-order valence-corrected chi connectivity index (χ4v) is 5.07. The van der Waals surface area contributed by atoms with Crippen LogP contribution in [0.5, 0.6) is 0 Å². The summed E-state index contributed by atoms with van der Waals surface area (Å²) in [7, 11) is 0. The fraction of sp³-hybridized carbons (Fsp3) is 0.120. The van der Waals surface area contributed by atoms with Crippen LogP contribution in [0.1, 0.15) is 27.2 Å². The topological polar surface area (TPSA) is 57.6 Å². The number of halogens is 1. The number of hydrogen-bond acceptors (Lipinski definition) is 4. The van der Waals surface area contributed by atoms with Crippen molar-refractivity contribution >= 4 is 51.1 Å². The summed E-state index contributed by atoms with van der Waals surface area (Å²) < 4.78 is 0. The fourth-order valence-electron chi connectivity index (χ4n) is 4.21. The second-order valence-corrected chi connectivity index (χ2v) is 9.09. The highest BCUT2D eigenvalue weighted by Crippen LogP contribution is 2.45. The molecule has 3 aromatic carbocycles. The van der Waals surface area contributed by atoms with Crippen molar-refractivity contribution in [3.05, 3.63) is 99.2 Å². The van der Waals surface area contributed by atoms with Gasteiger partial charge in [-0.25, -0.2) is 0 Å². The molecule has 0 saturated heterocycles. The maximum atomic E-state index is 13.4. The van der Waals surface area contributed by atoms with Crippen LogP contribution in [0.4, 0.5) is 5.69 Å². The van der Waals surface area contributed by atoms with Crippen LogP contribution in [0.3, 0.4) is 0 Å². The monoisotopic (exact) mass is 447 g/mol. The zero-order valence-corrected chi connectivity index (χ0v) is 18.0. The van der Waals surface area contributed by atoms with Crippen molar-refractivity contribution in [1.29, 1.82) is 0 Å². The third-order valence-electron chi connectivity index (χ3n) is 5.69. The van der Waals surface area contributed by atoms with E-state index < -0.39 is 11.5 Å². The van der Waals surface area contributed by atoms with Crippen LogP contribution >= 0.6 is 22.9 Å². The van der Waals surface area contributed by atoms with Crippen LogP contribution in [0.2, 0.25) is 5.02 Å². The Labute approximate surface area is 188 Å². The van der Waals surface area contributed by atoms with Gasteiger partial charge in [-0.05, 0) is 40.4 Å². The number of Topliss-reactive ketones (excluding diaryl/α,β-unsaturated/α-hetero) is 1. The molecule has 4 aromatic rings. The standard InChI is InChI=1S/C25H18ClNO3S/c26-17-10-11-22-21(13-17)25(30,24(29)27(22)15-18-7-4-12-31-18)14-23(28)20-9-3-6-16-5-1-2-8-19(16)20/h1-13,30H,14-15H2. The lowest BCUT2D eigenvalue weighted by atomic mass is 9.87. The highest BCUT2D eigenvalue weighted by Gasteiger charge is 2.51. The lowest BCUT2D eigenvalue weighted by Crippen LogP contribution is -2.41. The van der Waals surface area contributed by atoms with Gasteiger partial charge in [0.1, 0.15) is 0 Å². The molecule has 0 bridgehead atoms. The summed E-state index contributed by atoms with van der Waals surface area (Å²) in [4.78, 5) is 29.3. The lowest BCUT2D eigenvalue weighted by Gasteiger charge is -2.23. The van der Waals surface area contributed by atoms with Gasteiger partial charge in [0.15, 0.2) is 11.4 Å². The van der Waals surface area contributed by atoms with Gasteiger partial charge in [0.25, 0.3) is 5.91 Å². The van der Waals surface area contributed by atoms with E-state index in [9.17, 15) is 14.7 Å². The molecular weight excluding hydrogens is 430 g/mol. The number of hydrogen-bond donors (Lipinski definition) is 1. The Morgan fingerprint density at radius 2 is 1.84 bits per heavy atom. The van der Waals surface area contributed by atoms with Gasteiger partial charge in [0, 0.05) is 21.0 Å². The van der Waals surface area contributed by atoms with Gasteiger partial charge in [0.2, 0.25) is 0 Å². The highest BCUT2D eigenvalue weighted by atomic mass is 35.5. The zero-order chi connectivity index (χ0) is 21.6. The molecule has 1 atom stereocenters. The molecule has 1 aliphatic heterocycles. The first kappa shape index (κ1) is 19.9. The SMILES string of the molecule is O=C(CC1(O)C(=O)N(Cc2cccs2)c2ccc(Cl)cc21)c1cccc2ccccc12. The van der Waals surface area contributed by atoms with E-state index in [1.54, 1.807) is 24.3 Å². The number of ketones is 1. The number of amides is 1. The van der Waals surface area contributed by atoms with Gasteiger partial charge < -0.3 is 10.0 Å². The van der Waals surface area contributed by atoms with Crippen LogP contribution < -0.4 is 4.90 Å². The average molecular weight is 448 g/mol. The van der Waals surface area contributed by atoms with Crippen molar-refractivity contribution in [2.75, 3.05) is 4.90 Å². The molecule has 5 rings (SSSR count). The number of aliphatic hydroxyl groups is 1. The molecule has 4 nitrogen and oxygen atoms in total. The molecule has 0 aliphatic carbocycles. The first-order valence-electron chi connectivity index (χ1n) is 9.85. The van der Waals surface area contributed by atoms with Crippen LogP contribution in [-0.2, 0) is 16.9 Å². The predicted molar refractivity (Wildman–Crippen MR) is 124 cm³/mol. The molecule has 1 amide bonds. The number of nitrogens with zero attached hydrogens (tertiary/aromatic N) is 1. The summed E-state index contributed by atoms with van der Waals surface area (Å²) in [5.41, 5.74) is -0.531. The number of benzene rings is 3. The number of thiophene rings is 1. The smallest absolute Gasteiger partial charge is 0.264 e. The minimum Gasteiger partial charge on any atom is -0.375 e. The van der Waals surface area contributed by atoms with Gasteiger partial charge in [0.05, 0.1) is 18.7 Å². The Morgan fingerprint density at radius 1 is 1.03 bits per heavy atom. The Bertz CT molecular complexity index is 1310. The van der Waals surface area contributed by atoms with Gasteiger partial charge >= 0.3 is 0 Å². The molecule has 0 fully saturated rings. The predicted octanol–water partition coefficient (Wildman–Crippen LogP) is 5.56. The van der Waals surface area contributed by atoms with Crippen molar-refractivity contribution < 1.29 is 14.7 Å². The molecule has 1 unspecified atom stereocenters. The van der Waals surface area contributed by atoms with Crippen LogP contribution in [0, 0.1) is 0 Å². The number of anilines is 1. The summed E-state index contributed by atoms with van der Waals surface area (Å²) in [6.07, 6.45) is -0.353. The lowest BCUT2D eigenvalue weighted by molar-refractivity contribution is -0.136. The number of fused-ring (bicyclic) bond motifs is 2. The largest absolute Gasteiger partial charge is 0.375 e. The Kier molecular flexibility index (Phi) is 4.89. The van der Waals surface area contributed by atoms with Gasteiger partial charge in [-0.15, -0.1) is 11.3 Å². The summed E-state index contributed by atoms with van der Waals surface area (Å²) in [5.74, 6) is -0.802. The van der Waals surface area contributed by atoms with Gasteiger partial charge in [-0.2, -0.15) is 0 Å². The van der Waals surface area contributed by atoms with E-state index in [1.807, 2.05) is 53.9 Å². The number of rotatable bonds is 5. The van der Waals surface area contributed by atoms with Crippen molar-refractivity contribution in [3.8, 4) is 0 Å². The third-order valence-corrected chi connectivity index (χ3v) is 6.79. The molecule has 31 heavy (non-hydrogen) atoms. The van der Waals surface area contributed by atoms with Crippen molar-refractivity contribution in [2.24, 2.45) is 0 Å². The van der Waals surface area contributed by atoms with E-state index >= 15 is 0 Å². The van der Waals surface area contributed by atoms with E-state index in [4.69, 9.17) is 11.6 Å². The van der Waals surface area contributed by atoms with E-state index in [1.165, 1.54) is 16.2 Å². The van der Waals surface area contributed by atoms with Crippen molar-refractivity contribution in [1.82, 2.24) is 0 Å². The Balaban J connectivity index is 1.55. The number of carbonyl (C=O) groups is 2. The quantitative estimate of drug-likeness (QED) is 0.407. The maximum absolute atomic E-state index is 13.4. The van der Waals surface area contributed by atoms with Crippen LogP contribution in [0.15, 0.2) is 78.2 Å². The molecule has 154 valence electrons. The van der Waals surface area contributed by atoms with Crippen LogP contribution in [-0.4, -0.2) is 16.8 Å². The molecule has 0 spiro atoms. The average Bonchev–Trinajstić information content (AvgIpc) is 3.35. The molecular formula is C25H18ClNO3S. The number of carbonyl (C=O) groups excluding carboxylic acids is 2. The molecule has 2 heterocycles. The normalized spacial score (nSPS) is 17.9. The van der Waals surface area contributed by atoms with Crippen LogP contribution in [0.25, 0.3) is 10.8 Å². The molecule has 1 aliphatic rings. The molecule has 1 N–H and O–H groups in total. The summed E-state index contributed by atoms with van der Waals surface area (Å²) in [6, 6.07) is 21.9. The van der Waals surface area contributed by atoms with E-state index in [2.05, 4.69) is 0 Å². The first-order valence-corrected chi connectivity index (χ1v) is 11.1.